The molecule has 3 atom stereocenters. The van der Waals surface area contributed by atoms with E-state index in [1.54, 1.807) is 22.6 Å². The number of nitrogens with one attached hydrogen (secondary N) is 1. The lowest BCUT2D eigenvalue weighted by Gasteiger charge is -2.34. The van der Waals surface area contributed by atoms with Crippen LogP contribution in [0.4, 0.5) is 0 Å². The molecule has 1 aliphatic rings. The summed E-state index contributed by atoms with van der Waals surface area (Å²) >= 11 is 1.59. The topological polar surface area (TPSA) is 121 Å². The first-order valence-electron chi connectivity index (χ1n) is 10.6. The summed E-state index contributed by atoms with van der Waals surface area (Å²) in [6, 6.07) is 6.27. The van der Waals surface area contributed by atoms with Crippen molar-refractivity contribution in [3.05, 3.63) is 41.7 Å². The van der Waals surface area contributed by atoms with Gasteiger partial charge in [-0.05, 0) is 23.1 Å². The number of carbonyl (C=O) groups excluding carboxylic acids is 2. The highest BCUT2D eigenvalue weighted by Crippen LogP contribution is 2.34. The van der Waals surface area contributed by atoms with Crippen molar-refractivity contribution in [1.29, 1.82) is 0 Å². The molecule has 2 heterocycles. The van der Waals surface area contributed by atoms with Gasteiger partial charge < -0.3 is 20.4 Å². The average molecular weight is 462 g/mol. The van der Waals surface area contributed by atoms with E-state index in [4.69, 9.17) is 5.11 Å². The first-order valence-corrected chi connectivity index (χ1v) is 11.6. The molecule has 2 unspecified atom stereocenters. The molecule has 1 aliphatic heterocycles. The third kappa shape index (κ3) is 5.48. The monoisotopic (exact) mass is 461 g/mol. The van der Waals surface area contributed by atoms with Crippen molar-refractivity contribution in [2.45, 2.75) is 62.6 Å². The van der Waals surface area contributed by atoms with Gasteiger partial charge in [-0.15, -0.1) is 16.9 Å². The first-order chi connectivity index (χ1) is 15.1. The Morgan fingerprint density at radius 1 is 1.28 bits per heavy atom. The van der Waals surface area contributed by atoms with Gasteiger partial charge in [0.05, 0.1) is 24.6 Å². The summed E-state index contributed by atoms with van der Waals surface area (Å²) in [5.74, 6) is 0.0316. The van der Waals surface area contributed by atoms with E-state index in [9.17, 15) is 14.7 Å². The van der Waals surface area contributed by atoms with Crippen LogP contribution in [0.1, 0.15) is 44.5 Å². The van der Waals surface area contributed by atoms with Crippen molar-refractivity contribution in [2.24, 2.45) is 5.41 Å². The molecule has 1 aromatic heterocycles. The molecule has 3 rings (SSSR count). The smallest absolute Gasteiger partial charge is 0.248 e. The molecule has 2 aromatic rings. The predicted molar refractivity (Wildman–Crippen MR) is 121 cm³/mol. The number of hydrogen-bond acceptors (Lipinski definition) is 7. The van der Waals surface area contributed by atoms with E-state index in [0.717, 1.165) is 16.2 Å². The van der Waals surface area contributed by atoms with Gasteiger partial charge in [-0.3, -0.25) is 9.59 Å². The van der Waals surface area contributed by atoms with E-state index >= 15 is 0 Å². The molecule has 0 bridgehead atoms. The number of aliphatic hydroxyl groups excluding tert-OH is 2. The number of nitrogens with zero attached hydrogens (tertiary/aromatic N) is 4. The van der Waals surface area contributed by atoms with Crippen molar-refractivity contribution < 1.29 is 19.8 Å². The third-order valence-electron chi connectivity index (χ3n) is 5.48. The van der Waals surface area contributed by atoms with Crippen LogP contribution in [-0.2, 0) is 21.9 Å². The number of carbonyl (C=O) groups is 2. The van der Waals surface area contributed by atoms with E-state index in [-0.39, 0.29) is 31.4 Å². The van der Waals surface area contributed by atoms with Crippen LogP contribution >= 0.6 is 11.8 Å². The molecule has 9 nitrogen and oxygen atoms in total. The van der Waals surface area contributed by atoms with Gasteiger partial charge in [0.2, 0.25) is 11.8 Å². The summed E-state index contributed by atoms with van der Waals surface area (Å²) in [7, 11) is 1.52. The Labute approximate surface area is 192 Å². The maximum atomic E-state index is 13.5. The van der Waals surface area contributed by atoms with Crippen molar-refractivity contribution >= 4 is 23.6 Å². The lowest BCUT2D eigenvalue weighted by atomic mass is 9.85. The number of likely N-dealkylation sites (N-methyl/N-ethyl adjacent to an activating group) is 1. The van der Waals surface area contributed by atoms with Gasteiger partial charge in [0.1, 0.15) is 12.1 Å². The molecule has 0 aliphatic carbocycles. The van der Waals surface area contributed by atoms with Crippen molar-refractivity contribution in [3.8, 4) is 0 Å². The van der Waals surface area contributed by atoms with Gasteiger partial charge in [0, 0.05) is 30.7 Å². The van der Waals surface area contributed by atoms with E-state index in [0.29, 0.717) is 5.75 Å². The van der Waals surface area contributed by atoms with Crippen LogP contribution in [-0.4, -0.2) is 67.7 Å². The number of likely N-dealkylation sites (tertiary alicyclic amines) is 1. The highest BCUT2D eigenvalue weighted by molar-refractivity contribution is 7.98. The second-order valence-electron chi connectivity index (χ2n) is 9.06. The van der Waals surface area contributed by atoms with Gasteiger partial charge in [-0.25, -0.2) is 4.68 Å². The van der Waals surface area contributed by atoms with Crippen LogP contribution in [0.3, 0.4) is 0 Å². The second kappa shape index (κ2) is 10.0. The number of β-amino-alcohol motifs (C(OH)–C–C–N with tert-alkyl or cyclic N) is 1. The summed E-state index contributed by atoms with van der Waals surface area (Å²) in [6.45, 7) is 5.95. The Bertz CT molecular complexity index is 941. The van der Waals surface area contributed by atoms with Crippen LogP contribution in [0.25, 0.3) is 0 Å². The van der Waals surface area contributed by atoms with Gasteiger partial charge >= 0.3 is 0 Å². The lowest BCUT2D eigenvalue weighted by Crippen LogP contribution is -2.49. The SMILES string of the molecule is CNC(=O)C1CC(O)CN1C(=O)[C@@H](n1cc(CSc2ccc(CO)cc2)nn1)C(C)(C)C. The average Bonchev–Trinajstić information content (AvgIpc) is 3.37. The molecule has 32 heavy (non-hydrogen) atoms. The molecule has 174 valence electrons. The predicted octanol–water partition coefficient (Wildman–Crippen LogP) is 1.36. The second-order valence-corrected chi connectivity index (χ2v) is 10.1. The zero-order chi connectivity index (χ0) is 23.5. The highest BCUT2D eigenvalue weighted by atomic mass is 32.2. The lowest BCUT2D eigenvalue weighted by molar-refractivity contribution is -0.144. The van der Waals surface area contributed by atoms with Crippen LogP contribution in [0.15, 0.2) is 35.4 Å². The number of aliphatic hydroxyl groups is 2. The Kier molecular flexibility index (Phi) is 7.58. The molecule has 1 saturated heterocycles. The van der Waals surface area contributed by atoms with E-state index in [2.05, 4.69) is 15.6 Å². The Balaban J connectivity index is 1.77. The third-order valence-corrected chi connectivity index (χ3v) is 6.53. The molecule has 2 amide bonds. The molecular weight excluding hydrogens is 430 g/mol. The largest absolute Gasteiger partial charge is 0.392 e. The zero-order valence-electron chi connectivity index (χ0n) is 18.9. The normalized spacial score (nSPS) is 19.8. The molecule has 10 heteroatoms. The summed E-state index contributed by atoms with van der Waals surface area (Å²) < 4.78 is 1.57. The number of hydrogen-bond donors (Lipinski definition) is 3. The number of thioether (sulfide) groups is 1. The van der Waals surface area contributed by atoms with Crippen molar-refractivity contribution in [1.82, 2.24) is 25.2 Å². The van der Waals surface area contributed by atoms with Crippen molar-refractivity contribution in [2.75, 3.05) is 13.6 Å². The van der Waals surface area contributed by atoms with Crippen molar-refractivity contribution in [3.63, 3.8) is 0 Å². The summed E-state index contributed by atoms with van der Waals surface area (Å²) in [5, 5.41) is 30.3. The summed E-state index contributed by atoms with van der Waals surface area (Å²) in [6.07, 6.45) is 1.25. The Hall–Kier alpha value is -2.43. The molecule has 0 spiro atoms. The molecule has 0 radical (unpaired) electrons. The molecular formula is C22H31N5O4S. The minimum absolute atomic E-state index is 0.0102. The van der Waals surface area contributed by atoms with Gasteiger partial charge in [-0.1, -0.05) is 38.1 Å². The Morgan fingerprint density at radius 3 is 2.56 bits per heavy atom. The van der Waals surface area contributed by atoms with E-state index in [1.807, 2.05) is 45.0 Å². The minimum atomic E-state index is -0.734. The fraction of sp³-hybridized carbons (Fsp3) is 0.545. The van der Waals surface area contributed by atoms with E-state index in [1.165, 1.54) is 11.9 Å². The number of aromatic nitrogens is 3. The fourth-order valence-electron chi connectivity index (χ4n) is 3.86. The number of amides is 2. The summed E-state index contributed by atoms with van der Waals surface area (Å²) in [4.78, 5) is 28.3. The van der Waals surface area contributed by atoms with Gasteiger partial charge in [0.25, 0.3) is 0 Å². The first kappa shape index (κ1) is 24.2. The van der Waals surface area contributed by atoms with Gasteiger partial charge in [0.15, 0.2) is 0 Å². The minimum Gasteiger partial charge on any atom is -0.392 e. The van der Waals surface area contributed by atoms with E-state index < -0.39 is 23.6 Å². The molecule has 0 saturated carbocycles. The zero-order valence-corrected chi connectivity index (χ0v) is 19.7. The molecule has 1 fully saturated rings. The maximum Gasteiger partial charge on any atom is 0.248 e. The standard InChI is InChI=1S/C22H31N5O4S/c1-22(2,3)19(21(31)26-11-16(29)9-18(26)20(30)23-4)27-10-15(24-25-27)13-32-17-7-5-14(12-28)6-8-17/h5-8,10,16,18-19,28-29H,9,11-13H2,1-4H3,(H,23,30)/t16?,18?,19-/m1/s1. The number of benzene rings is 1. The highest BCUT2D eigenvalue weighted by Gasteiger charge is 2.44. The van der Waals surface area contributed by atoms with Crippen LogP contribution in [0.5, 0.6) is 0 Å². The van der Waals surface area contributed by atoms with Crippen LogP contribution < -0.4 is 5.32 Å². The van der Waals surface area contributed by atoms with Crippen LogP contribution in [0.2, 0.25) is 0 Å². The maximum absolute atomic E-state index is 13.5. The summed E-state index contributed by atoms with van der Waals surface area (Å²) in [5.41, 5.74) is 1.09. The fourth-order valence-corrected chi connectivity index (χ4v) is 4.64. The Morgan fingerprint density at radius 2 is 1.97 bits per heavy atom. The number of rotatable bonds is 7. The quantitative estimate of drug-likeness (QED) is 0.533. The molecule has 1 aromatic carbocycles. The van der Waals surface area contributed by atoms with Gasteiger partial charge in [-0.2, -0.15) is 0 Å². The molecule has 3 N–H and O–H groups in total. The van der Waals surface area contributed by atoms with Crippen LogP contribution in [0, 0.1) is 5.41 Å².